The molecule has 1 amide bonds. The Morgan fingerprint density at radius 1 is 0.939 bits per heavy atom. The quantitative estimate of drug-likeness (QED) is 0.182. The van der Waals surface area contributed by atoms with Gasteiger partial charge in [0.1, 0.15) is 0 Å². The van der Waals surface area contributed by atoms with E-state index in [-0.39, 0.29) is 11.7 Å². The molecule has 0 saturated heterocycles. The van der Waals surface area contributed by atoms with E-state index < -0.39 is 0 Å². The van der Waals surface area contributed by atoms with Gasteiger partial charge in [0.05, 0.1) is 22.0 Å². The van der Waals surface area contributed by atoms with Crippen LogP contribution in [0.5, 0.6) is 0 Å². The largest absolute Gasteiger partial charge is 0.272 e. The highest BCUT2D eigenvalue weighted by atomic mass is 35.5. The Morgan fingerprint density at radius 3 is 2.33 bits per heavy atom. The van der Waals surface area contributed by atoms with Gasteiger partial charge >= 0.3 is 0 Å². The fourth-order valence-corrected chi connectivity index (χ4v) is 4.29. The fourth-order valence-electron chi connectivity index (χ4n) is 2.93. The number of hydrogen-bond donors (Lipinski definition) is 1. The van der Waals surface area contributed by atoms with Crippen LogP contribution in [0.2, 0.25) is 15.1 Å². The number of nitrogens with one attached hydrogen (secondary N) is 1. The molecule has 10 heteroatoms. The minimum atomic E-state index is -0.314. The smallest absolute Gasteiger partial charge is 0.250 e. The maximum atomic E-state index is 12.4. The lowest BCUT2D eigenvalue weighted by atomic mass is 10.2. The Labute approximate surface area is 209 Å². The monoisotopic (exact) mass is 515 g/mol. The Bertz CT molecular complexity index is 1270. The number of halogens is 3. The molecule has 33 heavy (non-hydrogen) atoms. The number of rotatable bonds is 7. The number of aromatic nitrogens is 3. The van der Waals surface area contributed by atoms with Crippen LogP contribution in [0, 0.1) is 0 Å². The summed E-state index contributed by atoms with van der Waals surface area (Å²) >= 11 is 19.5. The van der Waals surface area contributed by atoms with Crippen molar-refractivity contribution in [3.63, 3.8) is 0 Å². The fraction of sp³-hybridized carbons (Fsp3) is 0.0435. The van der Waals surface area contributed by atoms with Gasteiger partial charge in [-0.25, -0.2) is 5.43 Å². The predicted octanol–water partition coefficient (Wildman–Crippen LogP) is 6.14. The summed E-state index contributed by atoms with van der Waals surface area (Å²) < 4.78 is 1.89. The van der Waals surface area contributed by atoms with E-state index in [1.54, 1.807) is 30.3 Å². The van der Waals surface area contributed by atoms with E-state index in [0.29, 0.717) is 31.6 Å². The van der Waals surface area contributed by atoms with Crippen LogP contribution in [-0.4, -0.2) is 32.6 Å². The van der Waals surface area contributed by atoms with E-state index >= 15 is 0 Å². The molecule has 0 aliphatic heterocycles. The van der Waals surface area contributed by atoms with Gasteiger partial charge in [0.25, 0.3) is 5.91 Å². The van der Waals surface area contributed by atoms with Crippen molar-refractivity contribution >= 4 is 58.7 Å². The van der Waals surface area contributed by atoms with E-state index in [9.17, 15) is 4.79 Å². The standard InChI is InChI=1S/C23H16Cl3N5OS/c24-16-9-11-17(12-10-16)31-22(15-5-2-1-3-6-15)29-30-23(31)33-14-21(32)28-27-13-18-19(25)7-4-8-20(18)26/h1-13H,14H2,(H,28,32)/b27-13-. The van der Waals surface area contributed by atoms with Gasteiger partial charge in [-0.2, -0.15) is 5.10 Å². The zero-order valence-corrected chi connectivity index (χ0v) is 20.0. The molecule has 3 aromatic carbocycles. The normalized spacial score (nSPS) is 11.1. The second-order valence-electron chi connectivity index (χ2n) is 6.70. The van der Waals surface area contributed by atoms with Crippen LogP contribution in [0.4, 0.5) is 0 Å². The molecule has 166 valence electrons. The first-order valence-electron chi connectivity index (χ1n) is 9.68. The molecule has 0 spiro atoms. The van der Waals surface area contributed by atoms with E-state index in [1.165, 1.54) is 18.0 Å². The first-order chi connectivity index (χ1) is 16.0. The Kier molecular flexibility index (Phi) is 7.67. The van der Waals surface area contributed by atoms with Crippen molar-refractivity contribution in [2.24, 2.45) is 5.10 Å². The van der Waals surface area contributed by atoms with Crippen molar-refractivity contribution in [1.82, 2.24) is 20.2 Å². The van der Waals surface area contributed by atoms with Crippen molar-refractivity contribution in [2.45, 2.75) is 5.16 Å². The highest BCUT2D eigenvalue weighted by molar-refractivity contribution is 7.99. The molecule has 6 nitrogen and oxygen atoms in total. The zero-order valence-electron chi connectivity index (χ0n) is 17.0. The van der Waals surface area contributed by atoms with Gasteiger partial charge in [-0.1, -0.05) is 83.0 Å². The molecule has 1 N–H and O–H groups in total. The molecule has 1 heterocycles. The number of hydrogen-bond acceptors (Lipinski definition) is 5. The number of nitrogens with zero attached hydrogens (tertiary/aromatic N) is 4. The summed E-state index contributed by atoms with van der Waals surface area (Å²) in [4.78, 5) is 12.4. The summed E-state index contributed by atoms with van der Waals surface area (Å²) in [6.45, 7) is 0. The highest BCUT2D eigenvalue weighted by Gasteiger charge is 2.17. The number of amides is 1. The average Bonchev–Trinajstić information content (AvgIpc) is 3.25. The molecule has 4 rings (SSSR count). The first-order valence-corrected chi connectivity index (χ1v) is 11.8. The Balaban J connectivity index is 1.51. The van der Waals surface area contributed by atoms with Crippen LogP contribution < -0.4 is 5.43 Å². The van der Waals surface area contributed by atoms with Gasteiger partial charge < -0.3 is 0 Å². The molecule has 0 saturated carbocycles. The van der Waals surface area contributed by atoms with Crippen LogP contribution >= 0.6 is 46.6 Å². The lowest BCUT2D eigenvalue weighted by Gasteiger charge is -2.10. The summed E-state index contributed by atoms with van der Waals surface area (Å²) in [6.07, 6.45) is 1.41. The third-order valence-corrected chi connectivity index (χ3v) is 6.31. The Morgan fingerprint density at radius 2 is 1.64 bits per heavy atom. The van der Waals surface area contributed by atoms with Crippen molar-refractivity contribution in [3.05, 3.63) is 93.4 Å². The second-order valence-corrected chi connectivity index (χ2v) is 8.89. The van der Waals surface area contributed by atoms with Gasteiger partial charge in [0, 0.05) is 21.8 Å². The highest BCUT2D eigenvalue weighted by Crippen LogP contribution is 2.28. The van der Waals surface area contributed by atoms with Crippen molar-refractivity contribution in [1.29, 1.82) is 0 Å². The molecular weight excluding hydrogens is 501 g/mol. The molecule has 0 atom stereocenters. The molecule has 4 aromatic rings. The average molecular weight is 517 g/mol. The maximum Gasteiger partial charge on any atom is 0.250 e. The van der Waals surface area contributed by atoms with Gasteiger partial charge in [-0.3, -0.25) is 9.36 Å². The summed E-state index contributed by atoms with van der Waals surface area (Å²) in [5.74, 6) is 0.423. The van der Waals surface area contributed by atoms with Crippen LogP contribution in [-0.2, 0) is 4.79 Å². The van der Waals surface area contributed by atoms with E-state index in [2.05, 4.69) is 20.7 Å². The molecule has 0 aliphatic rings. The van der Waals surface area contributed by atoms with E-state index in [1.807, 2.05) is 47.0 Å². The zero-order chi connectivity index (χ0) is 23.2. The van der Waals surface area contributed by atoms with Crippen molar-refractivity contribution in [2.75, 3.05) is 5.75 Å². The summed E-state index contributed by atoms with van der Waals surface area (Å²) in [5.41, 5.74) is 4.74. The Hall–Kier alpha value is -2.84. The second kappa shape index (κ2) is 10.9. The molecule has 0 aliphatic carbocycles. The number of carbonyl (C=O) groups excluding carboxylic acids is 1. The molecule has 0 fully saturated rings. The maximum absolute atomic E-state index is 12.4. The molecular formula is C23H16Cl3N5OS. The van der Waals surface area contributed by atoms with E-state index in [4.69, 9.17) is 34.8 Å². The number of thioether (sulfide) groups is 1. The van der Waals surface area contributed by atoms with Crippen molar-refractivity contribution < 1.29 is 4.79 Å². The van der Waals surface area contributed by atoms with Gasteiger partial charge in [-0.15, -0.1) is 10.2 Å². The van der Waals surface area contributed by atoms with Gasteiger partial charge in [0.2, 0.25) is 0 Å². The van der Waals surface area contributed by atoms with E-state index in [0.717, 1.165) is 11.3 Å². The number of hydrazone groups is 1. The first kappa shape index (κ1) is 23.3. The van der Waals surface area contributed by atoms with Crippen LogP contribution in [0.15, 0.2) is 83.1 Å². The van der Waals surface area contributed by atoms with Crippen LogP contribution in [0.3, 0.4) is 0 Å². The topological polar surface area (TPSA) is 72.2 Å². The minimum absolute atomic E-state index is 0.0775. The minimum Gasteiger partial charge on any atom is -0.272 e. The summed E-state index contributed by atoms with van der Waals surface area (Å²) in [5, 5.41) is 14.7. The van der Waals surface area contributed by atoms with Gasteiger partial charge in [0.15, 0.2) is 11.0 Å². The van der Waals surface area contributed by atoms with Crippen LogP contribution in [0.25, 0.3) is 17.1 Å². The van der Waals surface area contributed by atoms with Gasteiger partial charge in [-0.05, 0) is 36.4 Å². The molecule has 0 bridgehead atoms. The number of benzene rings is 3. The molecule has 0 unspecified atom stereocenters. The summed E-state index contributed by atoms with van der Waals surface area (Å²) in [7, 11) is 0. The third-order valence-electron chi connectivity index (χ3n) is 4.47. The van der Waals surface area contributed by atoms with Crippen molar-refractivity contribution in [3.8, 4) is 17.1 Å². The number of carbonyl (C=O) groups is 1. The van der Waals surface area contributed by atoms with Crippen LogP contribution in [0.1, 0.15) is 5.56 Å². The SMILES string of the molecule is O=C(CSc1nnc(-c2ccccc2)n1-c1ccc(Cl)cc1)N/N=C\c1c(Cl)cccc1Cl. The third kappa shape index (κ3) is 5.75. The molecule has 0 radical (unpaired) electrons. The lowest BCUT2D eigenvalue weighted by molar-refractivity contribution is -0.118. The predicted molar refractivity (Wildman–Crippen MR) is 135 cm³/mol. The molecule has 1 aromatic heterocycles. The lowest BCUT2D eigenvalue weighted by Crippen LogP contribution is -2.20. The summed E-state index contributed by atoms with van der Waals surface area (Å²) in [6, 6.07) is 22.2.